The fraction of sp³-hybridized carbons (Fsp3) is 0. The zero-order valence-corrected chi connectivity index (χ0v) is 18.2. The van der Waals surface area contributed by atoms with Crippen molar-refractivity contribution in [2.75, 3.05) is 15.5 Å². The molecule has 0 fully saturated rings. The van der Waals surface area contributed by atoms with Gasteiger partial charge in [0.25, 0.3) is 11.8 Å². The molecule has 1 aromatic heterocycles. The number of benzene rings is 3. The molecule has 31 heavy (non-hydrogen) atoms. The van der Waals surface area contributed by atoms with Crippen LogP contribution < -0.4 is 15.5 Å². The number of nitrogens with zero attached hydrogens (tertiary/aromatic N) is 2. The van der Waals surface area contributed by atoms with Crippen LogP contribution in [0.2, 0.25) is 0 Å². The number of amides is 4. The summed E-state index contributed by atoms with van der Waals surface area (Å²) in [5.74, 6) is -0.765. The van der Waals surface area contributed by atoms with E-state index in [1.54, 1.807) is 54.6 Å². The number of hydrogen-bond acceptors (Lipinski definition) is 5. The van der Waals surface area contributed by atoms with Crippen LogP contribution in [0.4, 0.5) is 21.3 Å². The average Bonchev–Trinajstić information content (AvgIpc) is 3.28. The van der Waals surface area contributed by atoms with Crippen molar-refractivity contribution in [1.82, 2.24) is 4.98 Å². The number of anilines is 3. The van der Waals surface area contributed by atoms with Gasteiger partial charge in [-0.25, -0.2) is 14.7 Å². The normalized spacial score (nSPS) is 12.9. The second kappa shape index (κ2) is 7.60. The fourth-order valence-electron chi connectivity index (χ4n) is 3.28. The molecule has 1 aliphatic heterocycles. The number of carbonyl (C=O) groups is 3. The van der Waals surface area contributed by atoms with E-state index in [9.17, 15) is 14.4 Å². The number of nitrogens with one attached hydrogen (secondary N) is 2. The van der Waals surface area contributed by atoms with E-state index in [2.05, 4.69) is 31.5 Å². The Morgan fingerprint density at radius 2 is 1.48 bits per heavy atom. The molecule has 0 atom stereocenters. The van der Waals surface area contributed by atoms with E-state index in [-0.39, 0.29) is 17.8 Å². The molecule has 0 aliphatic carbocycles. The Balaban J connectivity index is 1.37. The van der Waals surface area contributed by atoms with E-state index in [1.807, 2.05) is 12.1 Å². The minimum Gasteiger partial charge on any atom is -0.308 e. The van der Waals surface area contributed by atoms with Gasteiger partial charge in [0.1, 0.15) is 0 Å². The first-order valence-corrected chi connectivity index (χ1v) is 10.8. The summed E-state index contributed by atoms with van der Waals surface area (Å²) >= 11 is 4.57. The highest BCUT2D eigenvalue weighted by atomic mass is 79.9. The number of aromatic nitrogens is 1. The summed E-state index contributed by atoms with van der Waals surface area (Å²) < 4.78 is 1.66. The molecule has 152 valence electrons. The van der Waals surface area contributed by atoms with Crippen LogP contribution in [0.15, 0.2) is 71.2 Å². The number of imide groups is 1. The third-order valence-corrected chi connectivity index (χ3v) is 6.25. The first-order valence-electron chi connectivity index (χ1n) is 9.21. The van der Waals surface area contributed by atoms with Crippen LogP contribution in [0.25, 0.3) is 10.2 Å². The van der Waals surface area contributed by atoms with Crippen LogP contribution in [0.1, 0.15) is 20.7 Å². The first kappa shape index (κ1) is 19.4. The largest absolute Gasteiger partial charge is 0.323 e. The zero-order valence-electron chi connectivity index (χ0n) is 15.8. The molecule has 0 unspecified atom stereocenters. The van der Waals surface area contributed by atoms with E-state index < -0.39 is 0 Å². The maximum absolute atomic E-state index is 12.7. The van der Waals surface area contributed by atoms with Crippen molar-refractivity contribution < 1.29 is 14.4 Å². The molecule has 2 heterocycles. The van der Waals surface area contributed by atoms with Gasteiger partial charge >= 0.3 is 6.03 Å². The summed E-state index contributed by atoms with van der Waals surface area (Å²) in [4.78, 5) is 43.2. The smallest absolute Gasteiger partial charge is 0.308 e. The van der Waals surface area contributed by atoms with Gasteiger partial charge in [-0.1, -0.05) is 39.4 Å². The minimum absolute atomic E-state index is 0.303. The van der Waals surface area contributed by atoms with E-state index >= 15 is 0 Å². The van der Waals surface area contributed by atoms with Crippen molar-refractivity contribution in [2.45, 2.75) is 0 Å². The molecule has 0 radical (unpaired) electrons. The summed E-state index contributed by atoms with van der Waals surface area (Å²) in [5, 5.41) is 5.84. The lowest BCUT2D eigenvalue weighted by Gasteiger charge is -2.08. The number of carbonyl (C=O) groups excluding carboxylic acids is 3. The molecular weight excluding hydrogens is 480 g/mol. The van der Waals surface area contributed by atoms with Gasteiger partial charge in [-0.15, -0.1) is 0 Å². The van der Waals surface area contributed by atoms with Gasteiger partial charge in [0, 0.05) is 15.8 Å². The number of halogens is 1. The molecule has 0 bridgehead atoms. The number of urea groups is 1. The average molecular weight is 493 g/mol. The van der Waals surface area contributed by atoms with E-state index in [0.29, 0.717) is 33.1 Å². The first-order chi connectivity index (χ1) is 15.0. The molecule has 5 rings (SSSR count). The standard InChI is InChI=1S/C22H13BrN4O3S/c23-12-5-7-13(8-6-12)24-21(30)25-14-9-10-17-18(11-14)31-22(26-17)27-19(28)15-3-1-2-4-16(15)20(27)29/h1-11H,(H2,24,25,30). The highest BCUT2D eigenvalue weighted by Crippen LogP contribution is 2.35. The second-order valence-corrected chi connectivity index (χ2v) is 8.68. The third kappa shape index (κ3) is 3.58. The van der Waals surface area contributed by atoms with Gasteiger partial charge in [-0.2, -0.15) is 0 Å². The molecule has 0 saturated heterocycles. The lowest BCUT2D eigenvalue weighted by Crippen LogP contribution is -2.29. The minimum atomic E-state index is -0.383. The van der Waals surface area contributed by atoms with Crippen molar-refractivity contribution in [2.24, 2.45) is 0 Å². The number of hydrogen-bond donors (Lipinski definition) is 2. The quantitative estimate of drug-likeness (QED) is 0.369. The summed E-state index contributed by atoms with van der Waals surface area (Å²) in [7, 11) is 0. The maximum Gasteiger partial charge on any atom is 0.323 e. The van der Waals surface area contributed by atoms with Gasteiger partial charge < -0.3 is 10.6 Å². The van der Waals surface area contributed by atoms with Crippen molar-refractivity contribution in [3.63, 3.8) is 0 Å². The number of fused-ring (bicyclic) bond motifs is 2. The van der Waals surface area contributed by atoms with Crippen LogP contribution in [0.3, 0.4) is 0 Å². The molecule has 2 N–H and O–H groups in total. The Morgan fingerprint density at radius 3 is 2.16 bits per heavy atom. The molecule has 1 aliphatic rings. The lowest BCUT2D eigenvalue weighted by atomic mass is 10.1. The summed E-state index contributed by atoms with van der Waals surface area (Å²) in [5.41, 5.74) is 2.61. The predicted molar refractivity (Wildman–Crippen MR) is 124 cm³/mol. The van der Waals surface area contributed by atoms with E-state index in [4.69, 9.17) is 0 Å². The van der Waals surface area contributed by atoms with Gasteiger partial charge in [-0.3, -0.25) is 9.59 Å². The highest BCUT2D eigenvalue weighted by Gasteiger charge is 2.38. The predicted octanol–water partition coefficient (Wildman–Crippen LogP) is 5.50. The number of rotatable bonds is 3. The lowest BCUT2D eigenvalue weighted by molar-refractivity contribution is 0.0926. The topological polar surface area (TPSA) is 91.4 Å². The van der Waals surface area contributed by atoms with Crippen LogP contribution in [-0.4, -0.2) is 22.8 Å². The summed E-state index contributed by atoms with van der Waals surface area (Å²) in [6, 6.07) is 18.8. The summed E-state index contributed by atoms with van der Waals surface area (Å²) in [6.07, 6.45) is 0. The van der Waals surface area contributed by atoms with Gasteiger partial charge in [0.15, 0.2) is 0 Å². The molecule has 3 aromatic carbocycles. The zero-order chi connectivity index (χ0) is 21.5. The van der Waals surface area contributed by atoms with Crippen molar-refractivity contribution in [3.8, 4) is 0 Å². The molecule has 7 nitrogen and oxygen atoms in total. The van der Waals surface area contributed by atoms with E-state index in [1.165, 1.54) is 11.3 Å². The Kier molecular flexibility index (Phi) is 4.76. The van der Waals surface area contributed by atoms with Gasteiger partial charge in [0.2, 0.25) is 5.13 Å². The Morgan fingerprint density at radius 1 is 0.871 bits per heavy atom. The molecule has 0 saturated carbocycles. The Labute approximate surface area is 188 Å². The van der Waals surface area contributed by atoms with Crippen LogP contribution in [-0.2, 0) is 0 Å². The van der Waals surface area contributed by atoms with Crippen molar-refractivity contribution >= 4 is 71.8 Å². The van der Waals surface area contributed by atoms with E-state index in [0.717, 1.165) is 14.1 Å². The third-order valence-electron chi connectivity index (χ3n) is 4.72. The van der Waals surface area contributed by atoms with Gasteiger partial charge in [-0.05, 0) is 54.6 Å². The molecule has 4 amide bonds. The monoisotopic (exact) mass is 492 g/mol. The Bertz CT molecular complexity index is 1330. The molecule has 4 aromatic rings. The Hall–Kier alpha value is -3.56. The second-order valence-electron chi connectivity index (χ2n) is 6.76. The molecule has 9 heteroatoms. The van der Waals surface area contributed by atoms with Crippen molar-refractivity contribution in [1.29, 1.82) is 0 Å². The van der Waals surface area contributed by atoms with Gasteiger partial charge in [0.05, 0.1) is 21.3 Å². The van der Waals surface area contributed by atoms with Crippen LogP contribution in [0, 0.1) is 0 Å². The fourth-order valence-corrected chi connectivity index (χ4v) is 4.54. The summed E-state index contributed by atoms with van der Waals surface area (Å²) in [6.45, 7) is 0. The highest BCUT2D eigenvalue weighted by molar-refractivity contribution is 9.10. The molecule has 0 spiro atoms. The SMILES string of the molecule is O=C(Nc1ccc(Br)cc1)Nc1ccc2nc(N3C(=O)c4ccccc4C3=O)sc2c1. The number of thiazole rings is 1. The molecular formula is C22H13BrN4O3S. The van der Waals surface area contributed by atoms with Crippen molar-refractivity contribution in [3.05, 3.63) is 82.3 Å². The maximum atomic E-state index is 12.7. The van der Waals surface area contributed by atoms with Crippen LogP contribution in [0.5, 0.6) is 0 Å². The van der Waals surface area contributed by atoms with Crippen LogP contribution >= 0.6 is 27.3 Å².